The first kappa shape index (κ1) is 23.5. The molecule has 2 atom stereocenters. The fourth-order valence-corrected chi connectivity index (χ4v) is 5.32. The van der Waals surface area contributed by atoms with E-state index in [0.29, 0.717) is 18.1 Å². The predicted molar refractivity (Wildman–Crippen MR) is 114 cm³/mol. The Bertz CT molecular complexity index is 1070. The maximum Gasteiger partial charge on any atom is 0.178 e. The molecule has 3 rings (SSSR count). The van der Waals surface area contributed by atoms with Crippen molar-refractivity contribution >= 4 is 15.6 Å². The van der Waals surface area contributed by atoms with E-state index in [0.717, 1.165) is 17.7 Å². The van der Waals surface area contributed by atoms with Crippen LogP contribution >= 0.6 is 0 Å². The first-order chi connectivity index (χ1) is 14.4. The highest BCUT2D eigenvalue weighted by molar-refractivity contribution is 7.91. The van der Waals surface area contributed by atoms with E-state index in [4.69, 9.17) is 0 Å². The Kier molecular flexibility index (Phi) is 6.64. The zero-order valence-corrected chi connectivity index (χ0v) is 18.6. The normalized spacial score (nSPS) is 19.0. The van der Waals surface area contributed by atoms with Gasteiger partial charge in [-0.3, -0.25) is 4.79 Å². The first-order valence-electron chi connectivity index (χ1n) is 10.1. The highest BCUT2D eigenvalue weighted by atomic mass is 32.2. The lowest BCUT2D eigenvalue weighted by Crippen LogP contribution is -2.35. The van der Waals surface area contributed by atoms with Crippen molar-refractivity contribution < 1.29 is 27.1 Å². The number of hydrogen-bond acceptors (Lipinski definition) is 5. The third-order valence-electron chi connectivity index (χ3n) is 5.47. The number of ketones is 1. The summed E-state index contributed by atoms with van der Waals surface area (Å²) in [6.07, 6.45) is -1.05. The summed E-state index contributed by atoms with van der Waals surface area (Å²) in [5.41, 5.74) is 1.36. The van der Waals surface area contributed by atoms with Gasteiger partial charge in [0.25, 0.3) is 0 Å². The number of hydrogen-bond donors (Lipinski definition) is 2. The van der Waals surface area contributed by atoms with E-state index in [2.05, 4.69) is 5.32 Å². The third-order valence-corrected chi connectivity index (χ3v) is 7.28. The summed E-state index contributed by atoms with van der Waals surface area (Å²) < 4.78 is 51.6. The number of nitrogens with one attached hydrogen (secondary N) is 1. The van der Waals surface area contributed by atoms with Crippen LogP contribution in [0.25, 0.3) is 0 Å². The Morgan fingerprint density at radius 1 is 1.16 bits per heavy atom. The standard InChI is InChI=1S/C23H27F2NO4S/c1-23(2,3)15-4-5-22-19(10-15)20(6-7-31(22,29)30)26-13-18(27)12-21(28)14-8-16(24)11-17(25)9-14/h4-5,8-11,18,20,26-27H,6-7,12-13H2,1-3H3. The molecular formula is C23H27F2NO4S. The molecule has 5 nitrogen and oxygen atoms in total. The van der Waals surface area contributed by atoms with Crippen LogP contribution in [0, 0.1) is 11.6 Å². The number of Topliss-reactive ketones (excluding diaryl/α,β-unsaturated/α-hetero) is 1. The van der Waals surface area contributed by atoms with Crippen LogP contribution in [0.5, 0.6) is 0 Å². The SMILES string of the molecule is CC(C)(C)c1ccc2c(c1)C(NCC(O)CC(=O)c1cc(F)cc(F)c1)CCS2(=O)=O. The Morgan fingerprint density at radius 3 is 2.42 bits per heavy atom. The zero-order chi connectivity index (χ0) is 23.0. The van der Waals surface area contributed by atoms with Crippen molar-refractivity contribution in [2.24, 2.45) is 0 Å². The minimum atomic E-state index is -3.37. The Labute approximate surface area is 181 Å². The lowest BCUT2D eigenvalue weighted by Gasteiger charge is -2.29. The lowest BCUT2D eigenvalue weighted by molar-refractivity contribution is 0.0873. The first-order valence-corrected chi connectivity index (χ1v) is 11.8. The van der Waals surface area contributed by atoms with Crippen LogP contribution in [-0.2, 0) is 15.3 Å². The van der Waals surface area contributed by atoms with Gasteiger partial charge in [0, 0.05) is 30.6 Å². The summed E-state index contributed by atoms with van der Waals surface area (Å²) in [5.74, 6) is -2.30. The van der Waals surface area contributed by atoms with E-state index in [1.807, 2.05) is 32.9 Å². The number of aliphatic hydroxyl groups is 1. The molecule has 1 aliphatic heterocycles. The number of fused-ring (bicyclic) bond motifs is 1. The largest absolute Gasteiger partial charge is 0.391 e. The number of benzene rings is 2. The average molecular weight is 452 g/mol. The molecule has 0 saturated carbocycles. The van der Waals surface area contributed by atoms with Crippen LogP contribution < -0.4 is 5.32 Å². The number of carbonyl (C=O) groups is 1. The molecule has 0 fully saturated rings. The predicted octanol–water partition coefficient (Wildman–Crippen LogP) is 3.70. The minimum Gasteiger partial charge on any atom is -0.391 e. The van der Waals surface area contributed by atoms with Crippen molar-refractivity contribution in [1.82, 2.24) is 5.32 Å². The molecule has 1 heterocycles. The van der Waals surface area contributed by atoms with Gasteiger partial charge >= 0.3 is 0 Å². The summed E-state index contributed by atoms with van der Waals surface area (Å²) in [6, 6.07) is 7.59. The molecular weight excluding hydrogens is 424 g/mol. The molecule has 0 aliphatic carbocycles. The molecule has 2 aromatic carbocycles. The van der Waals surface area contributed by atoms with Crippen molar-refractivity contribution in [2.75, 3.05) is 12.3 Å². The maximum absolute atomic E-state index is 13.3. The summed E-state index contributed by atoms with van der Waals surface area (Å²) in [7, 11) is -3.37. The minimum absolute atomic E-state index is 0.00980. The van der Waals surface area contributed by atoms with Gasteiger partial charge in [-0.1, -0.05) is 32.9 Å². The van der Waals surface area contributed by atoms with Gasteiger partial charge in [0.2, 0.25) is 0 Å². The van der Waals surface area contributed by atoms with Crippen LogP contribution in [0.1, 0.15) is 61.1 Å². The van der Waals surface area contributed by atoms with E-state index >= 15 is 0 Å². The van der Waals surface area contributed by atoms with Crippen LogP contribution in [0.4, 0.5) is 8.78 Å². The Balaban J connectivity index is 1.72. The summed E-state index contributed by atoms with van der Waals surface area (Å²) >= 11 is 0. The van der Waals surface area contributed by atoms with Crippen LogP contribution in [0.15, 0.2) is 41.3 Å². The van der Waals surface area contributed by atoms with Crippen molar-refractivity contribution in [3.63, 3.8) is 0 Å². The van der Waals surface area contributed by atoms with E-state index in [9.17, 15) is 27.1 Å². The average Bonchev–Trinajstić information content (AvgIpc) is 2.65. The van der Waals surface area contributed by atoms with E-state index in [-0.39, 0.29) is 40.6 Å². The van der Waals surface area contributed by atoms with Crippen LogP contribution in [0.2, 0.25) is 0 Å². The molecule has 168 valence electrons. The highest BCUT2D eigenvalue weighted by Gasteiger charge is 2.31. The number of carbonyl (C=O) groups excluding carboxylic acids is 1. The Morgan fingerprint density at radius 2 is 1.81 bits per heavy atom. The quantitative estimate of drug-likeness (QED) is 0.655. The molecule has 2 aromatic rings. The number of sulfone groups is 1. The van der Waals surface area contributed by atoms with Gasteiger partial charge in [-0.25, -0.2) is 17.2 Å². The van der Waals surface area contributed by atoms with Crippen molar-refractivity contribution in [2.45, 2.75) is 56.1 Å². The molecule has 0 radical (unpaired) electrons. The second-order valence-corrected chi connectivity index (χ2v) is 11.1. The highest BCUT2D eigenvalue weighted by Crippen LogP contribution is 2.35. The number of halogens is 2. The molecule has 0 aromatic heterocycles. The molecule has 8 heteroatoms. The molecule has 0 saturated heterocycles. The number of rotatable bonds is 6. The van der Waals surface area contributed by atoms with E-state index < -0.39 is 33.4 Å². The summed E-state index contributed by atoms with van der Waals surface area (Å²) in [6.45, 7) is 6.16. The van der Waals surface area contributed by atoms with Gasteiger partial charge < -0.3 is 10.4 Å². The second-order valence-electron chi connectivity index (χ2n) is 9.01. The Hall–Kier alpha value is -2.16. The van der Waals surface area contributed by atoms with Gasteiger partial charge in [-0.2, -0.15) is 0 Å². The molecule has 0 amide bonds. The van der Waals surface area contributed by atoms with Gasteiger partial charge in [0.15, 0.2) is 15.6 Å². The molecule has 1 aliphatic rings. The fourth-order valence-electron chi connectivity index (χ4n) is 3.72. The van der Waals surface area contributed by atoms with Gasteiger partial charge in [-0.15, -0.1) is 0 Å². The summed E-state index contributed by atoms with van der Waals surface area (Å²) in [4.78, 5) is 12.5. The molecule has 2 unspecified atom stereocenters. The van der Waals surface area contributed by atoms with Crippen molar-refractivity contribution in [3.8, 4) is 0 Å². The lowest BCUT2D eigenvalue weighted by atomic mass is 9.85. The van der Waals surface area contributed by atoms with Crippen molar-refractivity contribution in [3.05, 3.63) is 64.7 Å². The summed E-state index contributed by atoms with van der Waals surface area (Å²) in [5, 5.41) is 13.5. The molecule has 0 spiro atoms. The second kappa shape index (κ2) is 8.76. The molecule has 0 bridgehead atoms. The van der Waals surface area contributed by atoms with Crippen LogP contribution in [-0.4, -0.2) is 37.7 Å². The van der Waals surface area contributed by atoms with Crippen molar-refractivity contribution in [1.29, 1.82) is 0 Å². The topological polar surface area (TPSA) is 83.5 Å². The smallest absolute Gasteiger partial charge is 0.178 e. The van der Waals surface area contributed by atoms with Crippen LogP contribution in [0.3, 0.4) is 0 Å². The van der Waals surface area contributed by atoms with E-state index in [1.54, 1.807) is 6.07 Å². The fraction of sp³-hybridized carbons (Fsp3) is 0.435. The van der Waals surface area contributed by atoms with Gasteiger partial charge in [0.1, 0.15) is 11.6 Å². The molecule has 31 heavy (non-hydrogen) atoms. The van der Waals surface area contributed by atoms with Gasteiger partial charge in [-0.05, 0) is 41.2 Å². The molecule has 2 N–H and O–H groups in total. The zero-order valence-electron chi connectivity index (χ0n) is 17.8. The number of aliphatic hydroxyl groups excluding tert-OH is 1. The van der Waals surface area contributed by atoms with E-state index in [1.165, 1.54) is 0 Å². The van der Waals surface area contributed by atoms with Gasteiger partial charge in [0.05, 0.1) is 16.8 Å². The third kappa shape index (κ3) is 5.56. The maximum atomic E-state index is 13.3. The monoisotopic (exact) mass is 451 g/mol.